The zero-order chi connectivity index (χ0) is 21.2. The van der Waals surface area contributed by atoms with Gasteiger partial charge in [0.25, 0.3) is 0 Å². The van der Waals surface area contributed by atoms with E-state index in [4.69, 9.17) is 9.47 Å². The van der Waals surface area contributed by atoms with Crippen LogP contribution in [0.5, 0.6) is 17.2 Å². The van der Waals surface area contributed by atoms with Crippen molar-refractivity contribution in [2.75, 3.05) is 0 Å². The lowest BCUT2D eigenvalue weighted by molar-refractivity contribution is -0.135. The molecule has 0 aromatic heterocycles. The van der Waals surface area contributed by atoms with Gasteiger partial charge in [-0.25, -0.2) is 0 Å². The lowest BCUT2D eigenvalue weighted by Gasteiger charge is -2.26. The molecule has 0 amide bonds. The normalized spacial score (nSPS) is 12.3. The van der Waals surface area contributed by atoms with Crippen molar-refractivity contribution in [3.8, 4) is 17.2 Å². The maximum Gasteiger partial charge on any atom is 0.323 e. The van der Waals surface area contributed by atoms with Crippen LogP contribution < -0.4 is 9.47 Å². The van der Waals surface area contributed by atoms with Crippen LogP contribution in [0.3, 0.4) is 0 Å². The van der Waals surface area contributed by atoms with E-state index in [1.165, 1.54) is 0 Å². The van der Waals surface area contributed by atoms with Gasteiger partial charge in [-0.05, 0) is 36.4 Å². The smallest absolute Gasteiger partial charge is 0.323 e. The molecule has 4 aromatic rings. The number of hydrogen-bond acceptors (Lipinski definition) is 4. The first kappa shape index (κ1) is 18.8. The van der Waals surface area contributed by atoms with Crippen LogP contribution in [0.1, 0.15) is 33.0 Å². The van der Waals surface area contributed by atoms with E-state index in [1.807, 2.05) is 66.7 Å². The molecule has 0 aliphatic carbocycles. The van der Waals surface area contributed by atoms with Crippen LogP contribution >= 0.6 is 0 Å². The third kappa shape index (κ3) is 3.60. The Morgan fingerprint density at radius 1 is 0.613 bits per heavy atom. The molecule has 1 heterocycles. The van der Waals surface area contributed by atoms with Crippen LogP contribution in [0.25, 0.3) is 0 Å². The molecule has 0 radical (unpaired) electrons. The molecule has 5 rings (SSSR count). The minimum atomic E-state index is -0.591. The number of rotatable bonds is 4. The number of ketones is 1. The fourth-order valence-corrected chi connectivity index (χ4v) is 3.77. The molecule has 0 bridgehead atoms. The van der Waals surface area contributed by atoms with Gasteiger partial charge in [-0.1, -0.05) is 66.7 Å². The average Bonchev–Trinajstić information content (AvgIpc) is 2.83. The maximum atomic E-state index is 13.2. The molecule has 4 aromatic carbocycles. The topological polar surface area (TPSA) is 52.6 Å². The third-order valence-corrected chi connectivity index (χ3v) is 5.29. The Bertz CT molecular complexity index is 1210. The molecule has 1 aliphatic rings. The molecule has 150 valence electrons. The molecule has 0 spiro atoms. The highest BCUT2D eigenvalue weighted by molar-refractivity contribution is 6.09. The molecule has 0 unspecified atom stereocenters. The van der Waals surface area contributed by atoms with E-state index < -0.39 is 11.9 Å². The minimum Gasteiger partial charge on any atom is -0.457 e. The SMILES string of the molecule is O=C(c1ccccc1)c1ccc(OC(=O)C2c3ccccc3Oc3ccccc32)cc1. The van der Waals surface area contributed by atoms with Gasteiger partial charge in [0.15, 0.2) is 5.78 Å². The number of carbonyl (C=O) groups excluding carboxylic acids is 2. The molecular formula is C27H18O4. The summed E-state index contributed by atoms with van der Waals surface area (Å²) >= 11 is 0. The Balaban J connectivity index is 1.40. The summed E-state index contributed by atoms with van der Waals surface area (Å²) in [5, 5.41) is 0. The van der Waals surface area contributed by atoms with E-state index in [0.29, 0.717) is 28.4 Å². The highest BCUT2D eigenvalue weighted by atomic mass is 16.5. The van der Waals surface area contributed by atoms with E-state index in [9.17, 15) is 9.59 Å². The van der Waals surface area contributed by atoms with Crippen molar-refractivity contribution in [2.45, 2.75) is 5.92 Å². The first-order chi connectivity index (χ1) is 15.2. The van der Waals surface area contributed by atoms with Crippen molar-refractivity contribution in [3.05, 3.63) is 125 Å². The second-order valence-electron chi connectivity index (χ2n) is 7.25. The van der Waals surface area contributed by atoms with E-state index in [2.05, 4.69) is 0 Å². The second-order valence-corrected chi connectivity index (χ2v) is 7.25. The number of ether oxygens (including phenoxy) is 2. The molecule has 0 saturated heterocycles. The fraction of sp³-hybridized carbons (Fsp3) is 0.0370. The first-order valence-corrected chi connectivity index (χ1v) is 9.98. The second kappa shape index (κ2) is 7.92. The number of esters is 1. The van der Waals surface area contributed by atoms with Crippen molar-refractivity contribution in [1.82, 2.24) is 0 Å². The number of hydrogen-bond donors (Lipinski definition) is 0. The standard InChI is InChI=1S/C27H18O4/c28-26(18-8-2-1-3-9-18)19-14-16-20(17-15-19)30-27(29)25-21-10-4-6-12-23(21)31-24-13-7-5-11-22(24)25/h1-17,25H. The van der Waals surface area contributed by atoms with Gasteiger partial charge in [0.2, 0.25) is 0 Å². The van der Waals surface area contributed by atoms with Crippen molar-refractivity contribution < 1.29 is 19.1 Å². The van der Waals surface area contributed by atoms with Crippen LogP contribution in [0, 0.1) is 0 Å². The largest absolute Gasteiger partial charge is 0.457 e. The van der Waals surface area contributed by atoms with Crippen molar-refractivity contribution in [3.63, 3.8) is 0 Å². The predicted octanol–water partition coefficient (Wildman–Crippen LogP) is 5.76. The lowest BCUT2D eigenvalue weighted by Crippen LogP contribution is -2.23. The van der Waals surface area contributed by atoms with Crippen LogP contribution in [0.4, 0.5) is 0 Å². The van der Waals surface area contributed by atoms with Gasteiger partial charge in [-0.15, -0.1) is 0 Å². The molecular weight excluding hydrogens is 388 g/mol. The molecule has 0 fully saturated rings. The Hall–Kier alpha value is -4.18. The van der Waals surface area contributed by atoms with E-state index in [1.54, 1.807) is 36.4 Å². The molecule has 0 atom stereocenters. The number of para-hydroxylation sites is 2. The first-order valence-electron chi connectivity index (χ1n) is 9.98. The number of fused-ring (bicyclic) bond motifs is 2. The summed E-state index contributed by atoms with van der Waals surface area (Å²) in [5.41, 5.74) is 2.68. The lowest BCUT2D eigenvalue weighted by atomic mass is 9.88. The Labute approximate surface area is 179 Å². The fourth-order valence-electron chi connectivity index (χ4n) is 3.77. The Kier molecular flexibility index (Phi) is 4.81. The van der Waals surface area contributed by atoms with Crippen molar-refractivity contribution in [2.24, 2.45) is 0 Å². The van der Waals surface area contributed by atoms with Crippen molar-refractivity contribution >= 4 is 11.8 Å². The summed E-state index contributed by atoms with van der Waals surface area (Å²) in [5.74, 6) is 0.609. The summed E-state index contributed by atoms with van der Waals surface area (Å²) in [6.45, 7) is 0. The predicted molar refractivity (Wildman–Crippen MR) is 117 cm³/mol. The average molecular weight is 406 g/mol. The molecule has 0 N–H and O–H groups in total. The van der Waals surface area contributed by atoms with Gasteiger partial charge in [-0.2, -0.15) is 0 Å². The van der Waals surface area contributed by atoms with Crippen LogP contribution in [-0.4, -0.2) is 11.8 Å². The van der Waals surface area contributed by atoms with Gasteiger partial charge in [0.1, 0.15) is 23.2 Å². The highest BCUT2D eigenvalue weighted by Crippen LogP contribution is 2.44. The molecule has 4 nitrogen and oxygen atoms in total. The number of benzene rings is 4. The van der Waals surface area contributed by atoms with Gasteiger partial charge in [-0.3, -0.25) is 9.59 Å². The zero-order valence-corrected chi connectivity index (χ0v) is 16.5. The van der Waals surface area contributed by atoms with E-state index in [-0.39, 0.29) is 5.78 Å². The highest BCUT2D eigenvalue weighted by Gasteiger charge is 2.33. The summed E-state index contributed by atoms with van der Waals surface area (Å²) < 4.78 is 11.6. The van der Waals surface area contributed by atoms with Crippen LogP contribution in [-0.2, 0) is 4.79 Å². The Morgan fingerprint density at radius 3 is 1.74 bits per heavy atom. The maximum absolute atomic E-state index is 13.2. The number of carbonyl (C=O) groups is 2. The van der Waals surface area contributed by atoms with Crippen LogP contribution in [0.15, 0.2) is 103 Å². The molecule has 4 heteroatoms. The summed E-state index contributed by atoms with van der Waals surface area (Å²) in [4.78, 5) is 25.8. The molecule has 0 saturated carbocycles. The summed E-state index contributed by atoms with van der Waals surface area (Å²) in [6, 6.07) is 30.6. The summed E-state index contributed by atoms with van der Waals surface area (Å²) in [7, 11) is 0. The van der Waals surface area contributed by atoms with Gasteiger partial charge < -0.3 is 9.47 Å². The monoisotopic (exact) mass is 406 g/mol. The Morgan fingerprint density at radius 2 is 1.13 bits per heavy atom. The van der Waals surface area contributed by atoms with Gasteiger partial charge in [0.05, 0.1) is 0 Å². The van der Waals surface area contributed by atoms with Gasteiger partial charge >= 0.3 is 5.97 Å². The molecule has 1 aliphatic heterocycles. The summed E-state index contributed by atoms with van der Waals surface area (Å²) in [6.07, 6.45) is 0. The van der Waals surface area contributed by atoms with Crippen molar-refractivity contribution in [1.29, 1.82) is 0 Å². The molecule has 31 heavy (non-hydrogen) atoms. The van der Waals surface area contributed by atoms with E-state index in [0.717, 1.165) is 11.1 Å². The minimum absolute atomic E-state index is 0.0780. The zero-order valence-electron chi connectivity index (χ0n) is 16.5. The third-order valence-electron chi connectivity index (χ3n) is 5.29. The van der Waals surface area contributed by atoms with Crippen LogP contribution in [0.2, 0.25) is 0 Å². The van der Waals surface area contributed by atoms with Gasteiger partial charge in [0, 0.05) is 22.3 Å². The van der Waals surface area contributed by atoms with E-state index >= 15 is 0 Å². The quantitative estimate of drug-likeness (QED) is 0.246.